The van der Waals surface area contributed by atoms with Crippen LogP contribution in [0.4, 0.5) is 0 Å². The van der Waals surface area contributed by atoms with Crippen LogP contribution in [0.1, 0.15) is 32.1 Å². The van der Waals surface area contributed by atoms with Crippen LogP contribution in [-0.2, 0) is 4.79 Å². The maximum Gasteiger partial charge on any atom is 0.277 e. The van der Waals surface area contributed by atoms with Crippen molar-refractivity contribution >= 4 is 17.7 Å². The molecule has 1 aliphatic carbocycles. The second-order valence-corrected chi connectivity index (χ2v) is 7.11. The van der Waals surface area contributed by atoms with Gasteiger partial charge in [-0.2, -0.15) is 5.26 Å². The third-order valence-electron chi connectivity index (χ3n) is 4.65. The van der Waals surface area contributed by atoms with Crippen LogP contribution in [0.25, 0.3) is 11.5 Å². The summed E-state index contributed by atoms with van der Waals surface area (Å²) in [5.41, 5.74) is 0.177. The molecule has 25 heavy (non-hydrogen) atoms. The number of rotatable bonds is 5. The van der Waals surface area contributed by atoms with Gasteiger partial charge in [-0.05, 0) is 25.0 Å². The molecule has 1 aromatic heterocycles. The average molecular weight is 356 g/mol. The minimum Gasteiger partial charge on any atom is -0.411 e. The number of carbonyl (C=O) groups excluding carboxylic acids is 1. The molecule has 6 nitrogen and oxygen atoms in total. The SMILES string of the molecule is CN(C(=O)CSc1nnc(-c2ccccc2)o1)C1(C#N)CCCCC1. The summed E-state index contributed by atoms with van der Waals surface area (Å²) in [5.74, 6) is 0.522. The lowest BCUT2D eigenvalue weighted by Gasteiger charge is -2.38. The van der Waals surface area contributed by atoms with Gasteiger partial charge in [-0.15, -0.1) is 10.2 Å². The molecule has 0 atom stereocenters. The van der Waals surface area contributed by atoms with Crippen LogP contribution in [-0.4, -0.2) is 39.3 Å². The number of hydrogen-bond acceptors (Lipinski definition) is 6. The summed E-state index contributed by atoms with van der Waals surface area (Å²) in [4.78, 5) is 14.1. The summed E-state index contributed by atoms with van der Waals surface area (Å²) in [5, 5.41) is 17.9. The third-order valence-corrected chi connectivity index (χ3v) is 5.45. The van der Waals surface area contributed by atoms with Gasteiger partial charge in [0.2, 0.25) is 11.8 Å². The summed E-state index contributed by atoms with van der Waals surface area (Å²) < 4.78 is 5.60. The van der Waals surface area contributed by atoms with E-state index in [0.29, 0.717) is 11.1 Å². The summed E-state index contributed by atoms with van der Waals surface area (Å²) in [6, 6.07) is 11.9. The van der Waals surface area contributed by atoms with Crippen LogP contribution in [0.15, 0.2) is 40.0 Å². The number of benzene rings is 1. The molecule has 0 bridgehead atoms. The van der Waals surface area contributed by atoms with E-state index in [-0.39, 0.29) is 11.7 Å². The lowest BCUT2D eigenvalue weighted by Crippen LogP contribution is -2.50. The fourth-order valence-corrected chi connectivity index (χ4v) is 3.76. The molecule has 1 amide bonds. The van der Waals surface area contributed by atoms with Crippen molar-refractivity contribution in [1.82, 2.24) is 15.1 Å². The Labute approximate surface area is 151 Å². The minimum absolute atomic E-state index is 0.0899. The molecule has 1 saturated carbocycles. The number of aromatic nitrogens is 2. The number of nitrogens with zero attached hydrogens (tertiary/aromatic N) is 4. The first-order valence-electron chi connectivity index (χ1n) is 8.34. The fraction of sp³-hybridized carbons (Fsp3) is 0.444. The van der Waals surface area contributed by atoms with E-state index < -0.39 is 5.54 Å². The number of thioether (sulfide) groups is 1. The van der Waals surface area contributed by atoms with Crippen LogP contribution in [0.2, 0.25) is 0 Å². The van der Waals surface area contributed by atoms with Crippen molar-refractivity contribution in [3.05, 3.63) is 30.3 Å². The summed E-state index contributed by atoms with van der Waals surface area (Å²) in [7, 11) is 1.72. The Morgan fingerprint density at radius 3 is 2.68 bits per heavy atom. The minimum atomic E-state index is -0.667. The molecule has 0 N–H and O–H groups in total. The molecule has 0 radical (unpaired) electrons. The number of amides is 1. The van der Waals surface area contributed by atoms with E-state index in [4.69, 9.17) is 4.42 Å². The van der Waals surface area contributed by atoms with E-state index >= 15 is 0 Å². The first kappa shape index (κ1) is 17.5. The third kappa shape index (κ3) is 3.85. The lowest BCUT2D eigenvalue weighted by molar-refractivity contribution is -0.131. The van der Waals surface area contributed by atoms with Crippen LogP contribution >= 0.6 is 11.8 Å². The highest BCUT2D eigenvalue weighted by Gasteiger charge is 2.38. The van der Waals surface area contributed by atoms with Gasteiger partial charge in [-0.1, -0.05) is 49.2 Å². The second kappa shape index (κ2) is 7.70. The van der Waals surface area contributed by atoms with E-state index in [0.717, 1.165) is 37.7 Å². The monoisotopic (exact) mass is 356 g/mol. The Bertz CT molecular complexity index is 763. The van der Waals surface area contributed by atoms with Gasteiger partial charge in [-0.25, -0.2) is 0 Å². The van der Waals surface area contributed by atoms with E-state index in [9.17, 15) is 10.1 Å². The van der Waals surface area contributed by atoms with E-state index in [2.05, 4.69) is 16.3 Å². The first-order chi connectivity index (χ1) is 12.1. The van der Waals surface area contributed by atoms with Crippen LogP contribution in [0.3, 0.4) is 0 Å². The molecule has 0 aliphatic heterocycles. The molecule has 0 saturated heterocycles. The Hall–Kier alpha value is -2.33. The normalized spacial score (nSPS) is 16.2. The zero-order valence-corrected chi connectivity index (χ0v) is 15.0. The van der Waals surface area contributed by atoms with E-state index in [1.165, 1.54) is 11.8 Å². The van der Waals surface area contributed by atoms with Crippen molar-refractivity contribution in [3.63, 3.8) is 0 Å². The predicted octanol–water partition coefficient (Wildman–Crippen LogP) is 3.51. The second-order valence-electron chi connectivity index (χ2n) is 6.18. The Morgan fingerprint density at radius 2 is 2.00 bits per heavy atom. The van der Waals surface area contributed by atoms with Crippen LogP contribution in [0, 0.1) is 11.3 Å². The molecule has 2 aromatic rings. The molecule has 1 fully saturated rings. The lowest BCUT2D eigenvalue weighted by atomic mass is 9.81. The number of nitriles is 1. The molecule has 1 heterocycles. The molecule has 7 heteroatoms. The molecule has 3 rings (SSSR count). The van der Waals surface area contributed by atoms with Gasteiger partial charge in [-0.3, -0.25) is 4.79 Å². The topological polar surface area (TPSA) is 83.0 Å². The summed E-state index contributed by atoms with van der Waals surface area (Å²) in [6.45, 7) is 0. The summed E-state index contributed by atoms with van der Waals surface area (Å²) in [6.07, 6.45) is 4.60. The Morgan fingerprint density at radius 1 is 1.28 bits per heavy atom. The maximum absolute atomic E-state index is 12.5. The molecule has 0 spiro atoms. The Kier molecular flexibility index (Phi) is 5.39. The van der Waals surface area contributed by atoms with Gasteiger partial charge in [0.15, 0.2) is 0 Å². The van der Waals surface area contributed by atoms with Crippen LogP contribution in [0.5, 0.6) is 0 Å². The van der Waals surface area contributed by atoms with E-state index in [1.54, 1.807) is 11.9 Å². The van der Waals surface area contributed by atoms with Crippen molar-refractivity contribution in [2.24, 2.45) is 0 Å². The molecule has 0 unspecified atom stereocenters. The molecular weight excluding hydrogens is 336 g/mol. The van der Waals surface area contributed by atoms with Crippen molar-refractivity contribution in [2.75, 3.05) is 12.8 Å². The van der Waals surface area contributed by atoms with Gasteiger partial charge in [0.1, 0.15) is 5.54 Å². The Balaban J connectivity index is 1.61. The molecule has 1 aliphatic rings. The highest BCUT2D eigenvalue weighted by Crippen LogP contribution is 2.33. The quantitative estimate of drug-likeness (QED) is 0.762. The number of carbonyl (C=O) groups is 1. The highest BCUT2D eigenvalue weighted by molar-refractivity contribution is 7.99. The fourth-order valence-electron chi connectivity index (χ4n) is 3.08. The highest BCUT2D eigenvalue weighted by atomic mass is 32.2. The van der Waals surface area contributed by atoms with Crippen molar-refractivity contribution in [3.8, 4) is 17.5 Å². The predicted molar refractivity (Wildman–Crippen MR) is 94.7 cm³/mol. The van der Waals surface area contributed by atoms with Gasteiger partial charge in [0.25, 0.3) is 5.22 Å². The average Bonchev–Trinajstić information content (AvgIpc) is 3.16. The van der Waals surface area contributed by atoms with Gasteiger partial charge in [0.05, 0.1) is 11.8 Å². The van der Waals surface area contributed by atoms with Crippen molar-refractivity contribution in [2.45, 2.75) is 42.9 Å². The zero-order chi connectivity index (χ0) is 17.7. The molecule has 1 aromatic carbocycles. The smallest absolute Gasteiger partial charge is 0.277 e. The first-order valence-corrected chi connectivity index (χ1v) is 9.33. The molecule has 130 valence electrons. The van der Waals surface area contributed by atoms with Crippen molar-refractivity contribution in [1.29, 1.82) is 5.26 Å². The molecular formula is C18H20N4O2S. The van der Waals surface area contributed by atoms with Crippen molar-refractivity contribution < 1.29 is 9.21 Å². The van der Waals surface area contributed by atoms with Gasteiger partial charge >= 0.3 is 0 Å². The maximum atomic E-state index is 12.5. The zero-order valence-electron chi connectivity index (χ0n) is 14.1. The summed E-state index contributed by atoms with van der Waals surface area (Å²) >= 11 is 1.20. The van der Waals surface area contributed by atoms with Crippen LogP contribution < -0.4 is 0 Å². The van der Waals surface area contributed by atoms with Gasteiger partial charge < -0.3 is 9.32 Å². The number of hydrogen-bond donors (Lipinski definition) is 0. The van der Waals surface area contributed by atoms with Gasteiger partial charge in [0, 0.05) is 12.6 Å². The standard InChI is InChI=1S/C18H20N4O2S/c1-22(18(13-19)10-6-3-7-11-18)15(23)12-25-17-21-20-16(24-17)14-8-4-2-5-9-14/h2,4-5,8-9H,3,6-7,10-12H2,1H3. The largest absolute Gasteiger partial charge is 0.411 e. The van der Waals surface area contributed by atoms with E-state index in [1.807, 2.05) is 30.3 Å².